The van der Waals surface area contributed by atoms with Crippen LogP contribution in [0, 0.1) is 4.91 Å². The van der Waals surface area contributed by atoms with Crippen LogP contribution in [0.25, 0.3) is 0 Å². The molecule has 0 N–H and O–H groups in total. The van der Waals surface area contributed by atoms with E-state index in [1.54, 1.807) is 0 Å². The second-order valence-corrected chi connectivity index (χ2v) is 4.61. The van der Waals surface area contributed by atoms with Crippen molar-refractivity contribution in [3.8, 4) is 0 Å². The van der Waals surface area contributed by atoms with E-state index in [-0.39, 0.29) is 0 Å². The Hall–Kier alpha value is -1.78. The summed E-state index contributed by atoms with van der Waals surface area (Å²) in [5.74, 6) is 0. The molecule has 0 unspecified atom stereocenters. The molecule has 0 aliphatic heterocycles. The lowest BCUT2D eigenvalue weighted by Crippen LogP contribution is -2.16. The molecule has 17 heavy (non-hydrogen) atoms. The standard InChI is InChI=1S/C12H20N4O/c1-14(2)9-7-10(15(3)4)12(13-17)11(8-9)16(5)6/h7-8H,1-6H3. The van der Waals surface area contributed by atoms with E-state index < -0.39 is 0 Å². The lowest BCUT2D eigenvalue weighted by molar-refractivity contribution is 1.07. The Morgan fingerprint density at radius 1 is 0.824 bits per heavy atom. The first-order chi connectivity index (χ1) is 7.88. The fourth-order valence-corrected chi connectivity index (χ4v) is 1.62. The van der Waals surface area contributed by atoms with Crippen LogP contribution in [0.2, 0.25) is 0 Å². The summed E-state index contributed by atoms with van der Waals surface area (Å²) in [6.45, 7) is 0. The number of hydrogen-bond donors (Lipinski definition) is 0. The van der Waals surface area contributed by atoms with Crippen LogP contribution < -0.4 is 14.7 Å². The highest BCUT2D eigenvalue weighted by molar-refractivity contribution is 5.85. The zero-order valence-corrected chi connectivity index (χ0v) is 11.4. The number of rotatable bonds is 4. The Balaban J connectivity index is 3.51. The lowest BCUT2D eigenvalue weighted by atomic mass is 10.1. The van der Waals surface area contributed by atoms with Crippen LogP contribution in [0.3, 0.4) is 0 Å². The van der Waals surface area contributed by atoms with Gasteiger partial charge in [0.1, 0.15) is 0 Å². The van der Waals surface area contributed by atoms with Gasteiger partial charge in [-0.2, -0.15) is 0 Å². The molecule has 0 fully saturated rings. The van der Waals surface area contributed by atoms with Gasteiger partial charge in [-0.25, -0.2) is 0 Å². The molecule has 0 atom stereocenters. The third kappa shape index (κ3) is 2.67. The van der Waals surface area contributed by atoms with Crippen molar-refractivity contribution in [2.45, 2.75) is 0 Å². The van der Waals surface area contributed by atoms with Crippen molar-refractivity contribution < 1.29 is 0 Å². The molecule has 0 radical (unpaired) electrons. The van der Waals surface area contributed by atoms with Gasteiger partial charge in [0.25, 0.3) is 0 Å². The monoisotopic (exact) mass is 236 g/mol. The molecule has 0 amide bonds. The first kappa shape index (κ1) is 13.3. The SMILES string of the molecule is CN(C)c1cc(N(C)C)c(N=O)c(N(C)C)c1. The summed E-state index contributed by atoms with van der Waals surface area (Å²) in [6, 6.07) is 3.92. The molecular weight excluding hydrogens is 216 g/mol. The second-order valence-electron chi connectivity index (χ2n) is 4.61. The largest absolute Gasteiger partial charge is 0.378 e. The maximum absolute atomic E-state index is 11.0. The molecular formula is C12H20N4O. The van der Waals surface area contributed by atoms with Gasteiger partial charge in [-0.15, -0.1) is 4.91 Å². The zero-order valence-electron chi connectivity index (χ0n) is 11.4. The average Bonchev–Trinajstić information content (AvgIpc) is 2.26. The van der Waals surface area contributed by atoms with E-state index in [4.69, 9.17) is 0 Å². The Kier molecular flexibility index (Phi) is 3.93. The van der Waals surface area contributed by atoms with Crippen LogP contribution in [-0.4, -0.2) is 42.3 Å². The van der Waals surface area contributed by atoms with Crippen molar-refractivity contribution in [1.29, 1.82) is 0 Å². The van der Waals surface area contributed by atoms with Gasteiger partial charge in [-0.3, -0.25) is 0 Å². The van der Waals surface area contributed by atoms with Crippen molar-refractivity contribution in [2.75, 3.05) is 57.0 Å². The highest BCUT2D eigenvalue weighted by Gasteiger charge is 2.15. The topological polar surface area (TPSA) is 39.1 Å². The van der Waals surface area contributed by atoms with Gasteiger partial charge in [0, 0.05) is 48.0 Å². The fraction of sp³-hybridized carbons (Fsp3) is 0.500. The first-order valence-electron chi connectivity index (χ1n) is 5.41. The minimum absolute atomic E-state index is 0.477. The summed E-state index contributed by atoms with van der Waals surface area (Å²) in [7, 11) is 11.6. The fourth-order valence-electron chi connectivity index (χ4n) is 1.62. The van der Waals surface area contributed by atoms with Crippen LogP contribution in [0.15, 0.2) is 17.3 Å². The van der Waals surface area contributed by atoms with E-state index in [9.17, 15) is 4.91 Å². The van der Waals surface area contributed by atoms with Crippen LogP contribution in [0.1, 0.15) is 0 Å². The molecule has 0 aromatic heterocycles. The van der Waals surface area contributed by atoms with Crippen LogP contribution in [-0.2, 0) is 0 Å². The van der Waals surface area contributed by atoms with Crippen molar-refractivity contribution >= 4 is 22.7 Å². The van der Waals surface area contributed by atoms with Gasteiger partial charge in [-0.05, 0) is 17.3 Å². The number of benzene rings is 1. The average molecular weight is 236 g/mol. The summed E-state index contributed by atoms with van der Waals surface area (Å²) in [6.07, 6.45) is 0. The van der Waals surface area contributed by atoms with E-state index in [2.05, 4.69) is 5.18 Å². The maximum atomic E-state index is 11.0. The van der Waals surface area contributed by atoms with Crippen molar-refractivity contribution in [3.63, 3.8) is 0 Å². The zero-order chi connectivity index (χ0) is 13.2. The van der Waals surface area contributed by atoms with Gasteiger partial charge in [0.2, 0.25) is 0 Å². The molecule has 1 aromatic rings. The normalized spacial score (nSPS) is 10.0. The third-order valence-electron chi connectivity index (χ3n) is 2.63. The quantitative estimate of drug-likeness (QED) is 0.752. The van der Waals surface area contributed by atoms with Crippen molar-refractivity contribution in [3.05, 3.63) is 17.0 Å². The summed E-state index contributed by atoms with van der Waals surface area (Å²) < 4.78 is 0. The molecule has 0 aliphatic carbocycles. The van der Waals surface area contributed by atoms with Gasteiger partial charge in [0.15, 0.2) is 5.69 Å². The highest BCUT2D eigenvalue weighted by Crippen LogP contribution is 2.40. The third-order valence-corrected chi connectivity index (χ3v) is 2.63. The predicted octanol–water partition coefficient (Wildman–Crippen LogP) is 2.28. The summed E-state index contributed by atoms with van der Waals surface area (Å²) in [4.78, 5) is 16.8. The summed E-state index contributed by atoms with van der Waals surface area (Å²) in [5.41, 5.74) is 3.18. The van der Waals surface area contributed by atoms with Crippen molar-refractivity contribution in [1.82, 2.24) is 0 Å². The molecule has 5 nitrogen and oxygen atoms in total. The Morgan fingerprint density at radius 3 is 1.47 bits per heavy atom. The molecule has 0 bridgehead atoms. The first-order valence-corrected chi connectivity index (χ1v) is 5.41. The smallest absolute Gasteiger partial charge is 0.154 e. The van der Waals surface area contributed by atoms with E-state index in [1.807, 2.05) is 69.1 Å². The summed E-state index contributed by atoms with van der Waals surface area (Å²) >= 11 is 0. The second kappa shape index (κ2) is 5.03. The van der Waals surface area contributed by atoms with Crippen LogP contribution in [0.4, 0.5) is 22.7 Å². The van der Waals surface area contributed by atoms with Crippen LogP contribution in [0.5, 0.6) is 0 Å². The van der Waals surface area contributed by atoms with Crippen LogP contribution >= 0.6 is 0 Å². The number of nitrogens with zero attached hydrogens (tertiary/aromatic N) is 4. The predicted molar refractivity (Wildman–Crippen MR) is 74.9 cm³/mol. The Morgan fingerprint density at radius 2 is 1.24 bits per heavy atom. The van der Waals surface area contributed by atoms with Gasteiger partial charge in [-0.1, -0.05) is 0 Å². The van der Waals surface area contributed by atoms with Gasteiger partial charge < -0.3 is 14.7 Å². The molecule has 94 valence electrons. The Bertz CT molecular complexity index is 384. The van der Waals surface area contributed by atoms with E-state index in [1.165, 1.54) is 0 Å². The lowest BCUT2D eigenvalue weighted by Gasteiger charge is -2.24. The minimum Gasteiger partial charge on any atom is -0.378 e. The van der Waals surface area contributed by atoms with Crippen molar-refractivity contribution in [2.24, 2.45) is 5.18 Å². The Labute approximate surface area is 103 Å². The molecule has 0 spiro atoms. The molecule has 1 aromatic carbocycles. The molecule has 0 heterocycles. The number of anilines is 3. The number of hydrogen-bond acceptors (Lipinski definition) is 5. The number of nitroso groups, excluding NO2 is 1. The van der Waals surface area contributed by atoms with Gasteiger partial charge in [0.05, 0.1) is 11.4 Å². The molecule has 1 rings (SSSR count). The molecule has 5 heteroatoms. The van der Waals surface area contributed by atoms with E-state index in [0.29, 0.717) is 5.69 Å². The minimum atomic E-state index is 0.477. The molecule has 0 saturated heterocycles. The molecule has 0 saturated carbocycles. The van der Waals surface area contributed by atoms with E-state index in [0.717, 1.165) is 17.1 Å². The molecule has 0 aliphatic rings. The van der Waals surface area contributed by atoms with E-state index >= 15 is 0 Å². The summed E-state index contributed by atoms with van der Waals surface area (Å²) in [5, 5.41) is 3.16. The highest BCUT2D eigenvalue weighted by atomic mass is 16.3. The van der Waals surface area contributed by atoms with Gasteiger partial charge >= 0.3 is 0 Å². The maximum Gasteiger partial charge on any atom is 0.154 e.